The summed E-state index contributed by atoms with van der Waals surface area (Å²) in [6.07, 6.45) is 6.31. The summed E-state index contributed by atoms with van der Waals surface area (Å²) in [7, 11) is -2.88. The van der Waals surface area contributed by atoms with E-state index in [1.807, 2.05) is 23.0 Å². The summed E-state index contributed by atoms with van der Waals surface area (Å²) < 4.78 is 24.6. The summed E-state index contributed by atoms with van der Waals surface area (Å²) in [6, 6.07) is 1.83. The molecule has 1 heterocycles. The van der Waals surface area contributed by atoms with Crippen LogP contribution in [0.25, 0.3) is 0 Å². The highest BCUT2D eigenvalue weighted by molar-refractivity contribution is 7.91. The zero-order valence-corrected chi connectivity index (χ0v) is 11.4. The summed E-state index contributed by atoms with van der Waals surface area (Å²) in [4.78, 5) is 11.8. The second-order valence-electron chi connectivity index (χ2n) is 4.87. The van der Waals surface area contributed by atoms with Gasteiger partial charge in [-0.1, -0.05) is 6.92 Å². The van der Waals surface area contributed by atoms with Crippen LogP contribution in [0.1, 0.15) is 36.5 Å². The van der Waals surface area contributed by atoms with Gasteiger partial charge in [0.05, 0.1) is 5.75 Å². The molecule has 0 N–H and O–H groups in total. The molecule has 0 bridgehead atoms. The van der Waals surface area contributed by atoms with E-state index in [2.05, 4.69) is 0 Å². The van der Waals surface area contributed by atoms with E-state index < -0.39 is 9.84 Å². The lowest BCUT2D eigenvalue weighted by Gasteiger charge is -2.03. The lowest BCUT2D eigenvalue weighted by molar-refractivity contribution is 0.0967. The van der Waals surface area contributed by atoms with Crippen LogP contribution in [0.15, 0.2) is 18.5 Å². The molecule has 18 heavy (non-hydrogen) atoms. The number of aryl methyl sites for hydroxylation is 1. The summed E-state index contributed by atoms with van der Waals surface area (Å²) in [6.45, 7) is 2.31. The molecule has 1 aliphatic carbocycles. The first kappa shape index (κ1) is 13.3. The van der Waals surface area contributed by atoms with Crippen molar-refractivity contribution in [2.75, 3.05) is 11.5 Å². The number of carbonyl (C=O) groups is 1. The van der Waals surface area contributed by atoms with Crippen molar-refractivity contribution in [1.82, 2.24) is 4.57 Å². The summed E-state index contributed by atoms with van der Waals surface area (Å²) in [5.74, 6) is 0.883. The number of nitrogens with zero attached hydrogens (tertiary/aromatic N) is 1. The molecule has 1 saturated carbocycles. The van der Waals surface area contributed by atoms with Crippen LogP contribution in [0.2, 0.25) is 0 Å². The fourth-order valence-corrected chi connectivity index (χ4v) is 2.78. The molecular weight excluding hydrogens is 250 g/mol. The third-order valence-electron chi connectivity index (χ3n) is 3.29. The van der Waals surface area contributed by atoms with Crippen molar-refractivity contribution in [3.8, 4) is 0 Å². The fourth-order valence-electron chi connectivity index (χ4n) is 1.92. The minimum atomic E-state index is -2.88. The normalized spacial score (nSPS) is 15.8. The summed E-state index contributed by atoms with van der Waals surface area (Å²) in [5, 5.41) is 0. The van der Waals surface area contributed by atoms with Gasteiger partial charge in [-0.05, 0) is 25.3 Å². The standard InChI is InChI=1S/C13H19NO3S/c1-2-18(16,17)9-3-7-14-8-6-12(10-14)13(15)11-4-5-11/h6,8,10-11H,2-5,7,9H2,1H3. The van der Waals surface area contributed by atoms with Crippen LogP contribution in [-0.2, 0) is 16.4 Å². The molecule has 4 nitrogen and oxygen atoms in total. The molecule has 0 radical (unpaired) electrons. The number of sulfone groups is 1. The van der Waals surface area contributed by atoms with Gasteiger partial charge < -0.3 is 4.57 Å². The minimum Gasteiger partial charge on any atom is -0.353 e. The molecule has 1 aliphatic rings. The third-order valence-corrected chi connectivity index (χ3v) is 5.08. The van der Waals surface area contributed by atoms with Gasteiger partial charge >= 0.3 is 0 Å². The molecule has 0 atom stereocenters. The van der Waals surface area contributed by atoms with Crippen LogP contribution >= 0.6 is 0 Å². The number of Topliss-reactive ketones (excluding diaryl/α,β-unsaturated/α-hetero) is 1. The number of ketones is 1. The van der Waals surface area contributed by atoms with Gasteiger partial charge in [-0.2, -0.15) is 0 Å². The topological polar surface area (TPSA) is 56.1 Å². The van der Waals surface area contributed by atoms with Crippen LogP contribution in [0.5, 0.6) is 0 Å². The molecule has 1 aromatic heterocycles. The second-order valence-corrected chi connectivity index (χ2v) is 7.34. The molecule has 0 spiro atoms. The van der Waals surface area contributed by atoms with Gasteiger partial charge in [0.15, 0.2) is 5.78 Å². The number of hydrogen-bond acceptors (Lipinski definition) is 3. The van der Waals surface area contributed by atoms with Crippen molar-refractivity contribution < 1.29 is 13.2 Å². The zero-order chi connectivity index (χ0) is 13.2. The molecule has 1 fully saturated rings. The van der Waals surface area contributed by atoms with Gasteiger partial charge in [0.1, 0.15) is 9.84 Å². The quantitative estimate of drug-likeness (QED) is 0.710. The average Bonchev–Trinajstić information content (AvgIpc) is 3.08. The Labute approximate surface area is 108 Å². The predicted molar refractivity (Wildman–Crippen MR) is 70.4 cm³/mol. The number of rotatable bonds is 7. The Hall–Kier alpha value is -1.10. The average molecular weight is 269 g/mol. The van der Waals surface area contributed by atoms with Gasteiger partial charge in [0.25, 0.3) is 0 Å². The smallest absolute Gasteiger partial charge is 0.167 e. The van der Waals surface area contributed by atoms with Crippen LogP contribution in [-0.4, -0.2) is 30.3 Å². The van der Waals surface area contributed by atoms with Crippen LogP contribution in [0, 0.1) is 5.92 Å². The number of hydrogen-bond donors (Lipinski definition) is 0. The zero-order valence-electron chi connectivity index (χ0n) is 10.6. The lowest BCUT2D eigenvalue weighted by atomic mass is 10.1. The van der Waals surface area contributed by atoms with E-state index in [-0.39, 0.29) is 23.2 Å². The van der Waals surface area contributed by atoms with Crippen molar-refractivity contribution in [2.24, 2.45) is 5.92 Å². The Morgan fingerprint density at radius 1 is 1.44 bits per heavy atom. The lowest BCUT2D eigenvalue weighted by Crippen LogP contribution is -2.10. The van der Waals surface area contributed by atoms with E-state index in [1.165, 1.54) is 0 Å². The van der Waals surface area contributed by atoms with Gasteiger partial charge in [-0.15, -0.1) is 0 Å². The van der Waals surface area contributed by atoms with E-state index in [1.54, 1.807) is 6.92 Å². The minimum absolute atomic E-state index is 0.199. The Kier molecular flexibility index (Phi) is 3.90. The predicted octanol–water partition coefficient (Wildman–Crippen LogP) is 1.91. The molecule has 1 aromatic rings. The Balaban J connectivity index is 1.85. The van der Waals surface area contributed by atoms with Crippen molar-refractivity contribution >= 4 is 15.6 Å². The van der Waals surface area contributed by atoms with E-state index >= 15 is 0 Å². The highest BCUT2D eigenvalue weighted by Gasteiger charge is 2.30. The maximum Gasteiger partial charge on any atom is 0.167 e. The van der Waals surface area contributed by atoms with Crippen molar-refractivity contribution in [1.29, 1.82) is 0 Å². The molecule has 100 valence electrons. The van der Waals surface area contributed by atoms with Crippen LogP contribution in [0.3, 0.4) is 0 Å². The summed E-state index contributed by atoms with van der Waals surface area (Å²) in [5.41, 5.74) is 0.760. The molecule has 0 saturated heterocycles. The van der Waals surface area contributed by atoms with E-state index in [9.17, 15) is 13.2 Å². The van der Waals surface area contributed by atoms with E-state index in [0.29, 0.717) is 13.0 Å². The molecule has 0 aliphatic heterocycles. The molecule has 0 aromatic carbocycles. The molecule has 5 heteroatoms. The third kappa shape index (κ3) is 3.45. The monoisotopic (exact) mass is 269 g/mol. The Morgan fingerprint density at radius 2 is 2.17 bits per heavy atom. The molecule has 2 rings (SSSR count). The largest absolute Gasteiger partial charge is 0.353 e. The summed E-state index contributed by atoms with van der Waals surface area (Å²) >= 11 is 0. The Bertz CT molecular complexity index is 526. The SMILES string of the molecule is CCS(=O)(=O)CCCn1ccc(C(=O)C2CC2)c1. The molecule has 0 amide bonds. The first-order chi connectivity index (χ1) is 8.52. The highest BCUT2D eigenvalue weighted by atomic mass is 32.2. The first-order valence-electron chi connectivity index (χ1n) is 6.42. The number of aromatic nitrogens is 1. The van der Waals surface area contributed by atoms with Crippen LogP contribution < -0.4 is 0 Å². The highest BCUT2D eigenvalue weighted by Crippen LogP contribution is 2.32. The number of carbonyl (C=O) groups excluding carboxylic acids is 1. The van der Waals surface area contributed by atoms with Gasteiger partial charge in [-0.25, -0.2) is 8.42 Å². The molecule has 0 unspecified atom stereocenters. The second kappa shape index (κ2) is 5.26. The maximum atomic E-state index is 11.8. The first-order valence-corrected chi connectivity index (χ1v) is 8.24. The maximum absolute atomic E-state index is 11.8. The molecular formula is C13H19NO3S. The van der Waals surface area contributed by atoms with E-state index in [0.717, 1.165) is 18.4 Å². The van der Waals surface area contributed by atoms with Gasteiger partial charge in [0, 0.05) is 36.2 Å². The fraction of sp³-hybridized carbons (Fsp3) is 0.615. The van der Waals surface area contributed by atoms with Gasteiger partial charge in [-0.3, -0.25) is 4.79 Å². The van der Waals surface area contributed by atoms with Crippen molar-refractivity contribution in [3.05, 3.63) is 24.0 Å². The Morgan fingerprint density at radius 3 is 2.78 bits per heavy atom. The van der Waals surface area contributed by atoms with Crippen molar-refractivity contribution in [3.63, 3.8) is 0 Å². The van der Waals surface area contributed by atoms with Crippen molar-refractivity contribution in [2.45, 2.75) is 32.7 Å². The van der Waals surface area contributed by atoms with Crippen LogP contribution in [0.4, 0.5) is 0 Å². The van der Waals surface area contributed by atoms with Gasteiger partial charge in [0.2, 0.25) is 0 Å². The van der Waals surface area contributed by atoms with E-state index in [4.69, 9.17) is 0 Å².